The second kappa shape index (κ2) is 23.6. The van der Waals surface area contributed by atoms with Crippen LogP contribution in [0, 0.1) is 5.92 Å². The lowest BCUT2D eigenvalue weighted by Crippen LogP contribution is -2.33. The fourth-order valence-electron chi connectivity index (χ4n) is 7.59. The number of carboxylic acids is 13. The minimum absolute atomic E-state index is 0.0763. The fraction of sp³-hybridized carbons (Fsp3) is 0.182. The predicted molar refractivity (Wildman–Crippen MR) is 233 cm³/mol. The Labute approximate surface area is 426 Å². The number of ether oxygens (including phenoxy) is 3. The van der Waals surface area contributed by atoms with E-state index in [1.165, 1.54) is 6.92 Å². The summed E-state index contributed by atoms with van der Waals surface area (Å²) in [4.78, 5) is 235. The Kier molecular flexibility index (Phi) is 18.4. The summed E-state index contributed by atoms with van der Waals surface area (Å²) >= 11 is 0. The van der Waals surface area contributed by atoms with Crippen LogP contribution in [0.25, 0.3) is 0 Å². The van der Waals surface area contributed by atoms with Gasteiger partial charge in [0.1, 0.15) is 0 Å². The topological polar surface area (TPSA) is 598 Å². The molecule has 0 spiro atoms. The normalized spacial score (nSPS) is 10.9. The third-order valence-electron chi connectivity index (χ3n) is 10.7. The molecule has 1 atom stereocenters. The van der Waals surface area contributed by atoms with Crippen molar-refractivity contribution in [1.82, 2.24) is 0 Å². The maximum Gasteiger partial charge on any atom is 0.347 e. The molecule has 0 aromatic heterocycles. The zero-order chi connectivity index (χ0) is 60.0. The molecule has 0 heterocycles. The molecular weight excluding hydrogens is 1070 g/mol. The Morgan fingerprint density at radius 3 is 0.628 bits per heavy atom. The number of carboxylic acid groups (broad SMARTS) is 13. The lowest BCUT2D eigenvalue weighted by molar-refractivity contribution is 0.0337. The van der Waals surface area contributed by atoms with E-state index in [0.29, 0.717) is 12.8 Å². The lowest BCUT2D eigenvalue weighted by atomic mass is 9.85. The minimum Gasteiger partial charge on any atom is -0.478 e. The van der Waals surface area contributed by atoms with Crippen LogP contribution in [0.3, 0.4) is 0 Å². The van der Waals surface area contributed by atoms with Crippen molar-refractivity contribution >= 4 is 107 Å². The molecular formula is C44H30O34. The van der Waals surface area contributed by atoms with Gasteiger partial charge >= 0.3 is 107 Å². The molecule has 13 N–H and O–H groups in total. The van der Waals surface area contributed by atoms with Crippen molar-refractivity contribution in [2.45, 2.75) is 39.5 Å². The molecule has 0 radical (unpaired) electrons. The summed E-state index contributed by atoms with van der Waals surface area (Å²) in [5.41, 5.74) is -42.4. The van der Waals surface area contributed by atoms with Gasteiger partial charge in [0.05, 0.1) is 107 Å². The fourth-order valence-corrected chi connectivity index (χ4v) is 7.59. The Bertz CT molecular complexity index is 3260. The van der Waals surface area contributed by atoms with E-state index in [0.717, 1.165) is 0 Å². The van der Waals surface area contributed by atoms with Crippen molar-refractivity contribution in [2.24, 2.45) is 5.92 Å². The van der Waals surface area contributed by atoms with E-state index in [1.807, 2.05) is 0 Å². The number of aromatic carboxylic acids is 13. The van der Waals surface area contributed by atoms with Crippen LogP contribution in [0.1, 0.15) is 226 Å². The van der Waals surface area contributed by atoms with Gasteiger partial charge in [-0.3, -0.25) is 0 Å². The minimum atomic E-state index is -3.13. The molecule has 0 aliphatic carbocycles. The highest BCUT2D eigenvalue weighted by Crippen LogP contribution is 2.36. The number of rotatable bonds is 24. The zero-order valence-electron chi connectivity index (χ0n) is 38.5. The first-order chi connectivity index (χ1) is 36.1. The van der Waals surface area contributed by atoms with E-state index in [1.54, 1.807) is 6.92 Å². The second-order valence-electron chi connectivity index (χ2n) is 15.1. The first kappa shape index (κ1) is 60.8. The number of hydrogen-bond acceptors (Lipinski definition) is 21. The molecule has 3 rings (SSSR count). The standard InChI is InChI=1S/C44H30O34/c1-3-5-6-8(4-2)7-76-40(71)24-20(38(67)68)15(33(57)58)21(39(69)70)25(43(74)77-41(72)22-16(34(59)60)11(29(49)50)9(27(45)46)12(30(51)52)17(22)35(61)62)26(24)44(75)78-42(73)23-18(36(63)64)13(31(53)54)10(28(47)48)14(32(55)56)19(23)37(65)66/h8H,3-7H2,1-2H3,(H,45,46)(H,47,48)(H,49,50)(H,51,52)(H,53,54)(H,55,56)(H,57,58)(H,59,60)(H,61,62)(H,63,64)(H,65,66)(H,67,68)(H,69,70). The quantitative estimate of drug-likeness (QED) is 0.0347. The van der Waals surface area contributed by atoms with E-state index in [4.69, 9.17) is 4.74 Å². The Hall–Kier alpha value is -11.5. The summed E-state index contributed by atoms with van der Waals surface area (Å²) in [6, 6.07) is 0. The van der Waals surface area contributed by atoms with Crippen molar-refractivity contribution in [3.63, 3.8) is 0 Å². The van der Waals surface area contributed by atoms with Crippen molar-refractivity contribution in [2.75, 3.05) is 6.61 Å². The maximum atomic E-state index is 14.6. The van der Waals surface area contributed by atoms with Gasteiger partial charge in [-0.15, -0.1) is 0 Å². The molecule has 34 nitrogen and oxygen atoms in total. The van der Waals surface area contributed by atoms with Crippen LogP contribution in [0.15, 0.2) is 0 Å². The molecule has 1 unspecified atom stereocenters. The van der Waals surface area contributed by atoms with Crippen LogP contribution in [0.5, 0.6) is 0 Å². The number of hydrogen-bond donors (Lipinski definition) is 13. The summed E-state index contributed by atoms with van der Waals surface area (Å²) in [6.45, 7) is 2.25. The van der Waals surface area contributed by atoms with Gasteiger partial charge in [-0.2, -0.15) is 0 Å². The summed E-state index contributed by atoms with van der Waals surface area (Å²) in [5.74, 6) is -52.2. The highest BCUT2D eigenvalue weighted by molar-refractivity contribution is 6.29. The first-order valence-electron chi connectivity index (χ1n) is 20.5. The van der Waals surface area contributed by atoms with E-state index in [9.17, 15) is 153 Å². The van der Waals surface area contributed by atoms with Crippen LogP contribution in [0.2, 0.25) is 0 Å². The maximum absolute atomic E-state index is 14.6. The van der Waals surface area contributed by atoms with Gasteiger partial charge in [0, 0.05) is 0 Å². The van der Waals surface area contributed by atoms with Crippen LogP contribution in [-0.4, -0.2) is 180 Å². The SMILES string of the molecule is CCCCC(CC)COC(=O)c1c(C(=O)O)c(C(=O)O)c(C(=O)O)c(C(=O)OC(=O)c2c(C(=O)O)c(C(=O)O)c(C(=O)O)c(C(=O)O)c2C(=O)O)c1C(=O)OC(=O)c1c(C(=O)O)c(C(=O)O)c(C(=O)O)c(C(=O)O)c1C(=O)O. The summed E-state index contributed by atoms with van der Waals surface area (Å²) in [6.07, 6.45) is 1.06. The molecule has 0 saturated carbocycles. The number of esters is 5. The van der Waals surface area contributed by atoms with Crippen LogP contribution < -0.4 is 0 Å². The Morgan fingerprint density at radius 2 is 0.449 bits per heavy atom. The average Bonchev–Trinajstić information content (AvgIpc) is 3.32. The van der Waals surface area contributed by atoms with Gasteiger partial charge < -0.3 is 80.6 Å². The molecule has 34 heteroatoms. The number of carbonyl (C=O) groups excluding carboxylic acids is 5. The van der Waals surface area contributed by atoms with Crippen LogP contribution in [-0.2, 0) is 14.2 Å². The highest BCUT2D eigenvalue weighted by Gasteiger charge is 2.47. The second-order valence-corrected chi connectivity index (χ2v) is 15.1. The lowest BCUT2D eigenvalue weighted by Gasteiger charge is -2.21. The molecule has 3 aromatic rings. The smallest absolute Gasteiger partial charge is 0.347 e. The molecule has 0 saturated heterocycles. The molecule has 0 fully saturated rings. The predicted octanol–water partition coefficient (Wildman–Crippen LogP) is 2.13. The largest absolute Gasteiger partial charge is 0.478 e. The van der Waals surface area contributed by atoms with Crippen LogP contribution >= 0.6 is 0 Å². The molecule has 78 heavy (non-hydrogen) atoms. The van der Waals surface area contributed by atoms with E-state index in [2.05, 4.69) is 9.47 Å². The van der Waals surface area contributed by atoms with Crippen molar-refractivity contribution in [1.29, 1.82) is 0 Å². The van der Waals surface area contributed by atoms with Crippen molar-refractivity contribution in [3.05, 3.63) is 100 Å². The van der Waals surface area contributed by atoms with Crippen molar-refractivity contribution in [3.8, 4) is 0 Å². The molecule has 0 bridgehead atoms. The van der Waals surface area contributed by atoms with Gasteiger partial charge in [-0.25, -0.2) is 86.3 Å². The van der Waals surface area contributed by atoms with E-state index in [-0.39, 0.29) is 12.8 Å². The molecule has 3 aromatic carbocycles. The zero-order valence-corrected chi connectivity index (χ0v) is 38.5. The van der Waals surface area contributed by atoms with Crippen molar-refractivity contribution < 1.29 is 167 Å². The number of benzene rings is 3. The van der Waals surface area contributed by atoms with Gasteiger partial charge in [0.25, 0.3) is 0 Å². The van der Waals surface area contributed by atoms with Gasteiger partial charge in [-0.1, -0.05) is 33.1 Å². The third-order valence-corrected chi connectivity index (χ3v) is 10.7. The Balaban J connectivity index is 2.84. The average molecular weight is 1100 g/mol. The van der Waals surface area contributed by atoms with Crippen LogP contribution in [0.4, 0.5) is 0 Å². The number of carbonyl (C=O) groups is 18. The summed E-state index contributed by atoms with van der Waals surface area (Å²) in [5, 5.41) is 130. The molecule has 0 aliphatic rings. The molecule has 0 aliphatic heterocycles. The van der Waals surface area contributed by atoms with E-state index >= 15 is 0 Å². The number of unbranched alkanes of at least 4 members (excludes halogenated alkanes) is 1. The highest BCUT2D eigenvalue weighted by atomic mass is 16.6. The monoisotopic (exact) mass is 1100 g/mol. The third kappa shape index (κ3) is 11.3. The first-order valence-corrected chi connectivity index (χ1v) is 20.5. The van der Waals surface area contributed by atoms with Gasteiger partial charge in [-0.05, 0) is 12.3 Å². The van der Waals surface area contributed by atoms with Gasteiger partial charge in [0.2, 0.25) is 0 Å². The summed E-state index contributed by atoms with van der Waals surface area (Å²) < 4.78 is 13.9. The Morgan fingerprint density at radius 1 is 0.282 bits per heavy atom. The molecule has 0 amide bonds. The molecule has 410 valence electrons. The summed E-state index contributed by atoms with van der Waals surface area (Å²) in [7, 11) is 0. The van der Waals surface area contributed by atoms with E-state index < -0.39 is 220 Å². The van der Waals surface area contributed by atoms with Gasteiger partial charge in [0.15, 0.2) is 0 Å².